The molecule has 0 saturated heterocycles. The van der Waals surface area contributed by atoms with Crippen LogP contribution in [-0.4, -0.2) is 17.2 Å². The third kappa shape index (κ3) is 9.21. The Morgan fingerprint density at radius 3 is 1.15 bits per heavy atom. The molecule has 0 atom stereocenters. The Morgan fingerprint density at radius 2 is 1.00 bits per heavy atom. The first-order valence-electron chi connectivity index (χ1n) is 6.36. The Hall–Kier alpha value is -4.01. The van der Waals surface area contributed by atoms with E-state index in [-0.39, 0.29) is 11.4 Å². The second-order valence-electron chi connectivity index (χ2n) is 4.02. The molecule has 0 aliphatic rings. The topological polar surface area (TPSA) is 189 Å². The first kappa shape index (κ1) is 22.0. The number of halogens is 1. The molecule has 0 fully saturated rings. The van der Waals surface area contributed by atoms with E-state index in [1.54, 1.807) is 0 Å². The van der Waals surface area contributed by atoms with Gasteiger partial charge in [-0.25, -0.2) is 0 Å². The third-order valence-electron chi connectivity index (χ3n) is 2.35. The molecule has 0 saturated carbocycles. The van der Waals surface area contributed by atoms with Crippen molar-refractivity contribution >= 4 is 30.1 Å². The lowest BCUT2D eigenvalue weighted by atomic mass is 10.3. The van der Waals surface area contributed by atoms with Crippen molar-refractivity contribution in [3.05, 3.63) is 78.7 Å². The first-order chi connectivity index (χ1) is 12.2. The Balaban J connectivity index is 0.000000401. The molecular weight excluding hydrogens is 354 g/mol. The van der Waals surface area contributed by atoms with Crippen LogP contribution in [0.1, 0.15) is 0 Å². The van der Waals surface area contributed by atoms with Crippen molar-refractivity contribution in [3.8, 4) is 0 Å². The highest BCUT2D eigenvalue weighted by Crippen LogP contribution is 2.17. The number of benzene rings is 2. The van der Waals surface area contributed by atoms with Crippen molar-refractivity contribution in [2.24, 2.45) is 0 Å². The van der Waals surface area contributed by atoms with Crippen molar-refractivity contribution in [3.63, 3.8) is 0 Å². The molecule has 0 radical (unpaired) electrons. The summed E-state index contributed by atoms with van der Waals surface area (Å²) in [5, 5.41) is 53.3. The van der Waals surface area contributed by atoms with Crippen molar-refractivity contribution in [2.75, 3.05) is 0 Å². The summed E-state index contributed by atoms with van der Waals surface area (Å²) in [4.78, 5) is 24.9. The zero-order chi connectivity index (χ0) is 20.1. The quantitative estimate of drug-likeness (QED) is 0.334. The van der Waals surface area contributed by atoms with Crippen molar-refractivity contribution < 1.29 is 24.2 Å². The minimum absolute atomic E-state index is 0.0163. The Labute approximate surface area is 144 Å². The lowest BCUT2D eigenvalue weighted by Crippen LogP contribution is -2.39. The van der Waals surface area contributed by atoms with Crippen molar-refractivity contribution in [1.82, 2.24) is 0 Å². The summed E-state index contributed by atoms with van der Waals surface area (Å²) in [7, 11) is -3.17. The number of diazo groups is 2. The zero-order valence-electron chi connectivity index (χ0n) is 12.7. The number of hydrogen-bond acceptors (Lipinski definition) is 8. The standard InChI is InChI=1S/2C6H4N3O2.BFO2/c2*7-8-5-1-3-6(4-2-5)9(10)11;2-1(3)4/h2*1-4H;/q2*+1;-2. The highest BCUT2D eigenvalue weighted by Gasteiger charge is 2.09. The second-order valence-corrected chi connectivity index (χ2v) is 4.02. The van der Waals surface area contributed by atoms with Crippen LogP contribution in [-0.2, 0) is 0 Å². The van der Waals surface area contributed by atoms with E-state index in [4.69, 9.17) is 20.8 Å². The molecule has 2 rings (SSSR count). The highest BCUT2D eigenvalue weighted by atomic mass is 19.1. The molecule has 0 unspecified atom stereocenters. The fourth-order valence-corrected chi connectivity index (χ4v) is 1.28. The average molecular weight is 362 g/mol. The van der Waals surface area contributed by atoms with Crippen LogP contribution in [0.5, 0.6) is 0 Å². The van der Waals surface area contributed by atoms with E-state index in [9.17, 15) is 24.5 Å². The van der Waals surface area contributed by atoms with E-state index in [1.807, 2.05) is 0 Å². The van der Waals surface area contributed by atoms with Gasteiger partial charge in [0.2, 0.25) is 10.8 Å². The van der Waals surface area contributed by atoms with Crippen LogP contribution in [0.25, 0.3) is 9.95 Å². The van der Waals surface area contributed by atoms with Crippen LogP contribution in [0, 0.1) is 31.0 Å². The summed E-state index contributed by atoms with van der Waals surface area (Å²) in [6, 6.07) is 10.5. The highest BCUT2D eigenvalue weighted by molar-refractivity contribution is 6.27. The van der Waals surface area contributed by atoms with Crippen molar-refractivity contribution in [1.29, 1.82) is 10.8 Å². The molecule has 132 valence electrons. The SMILES string of the molecule is N#[N+]c1ccc([N+](=O)[O-])cc1.N#[N+]c1ccc([N+](=O)[O-])cc1.[O-]B([O-])F. The van der Waals surface area contributed by atoms with E-state index in [2.05, 4.69) is 9.95 Å². The molecule has 0 spiro atoms. The van der Waals surface area contributed by atoms with Crippen LogP contribution in [0.4, 0.5) is 27.1 Å². The summed E-state index contributed by atoms with van der Waals surface area (Å²) in [6.07, 6.45) is 0. The molecule has 26 heavy (non-hydrogen) atoms. The molecule has 12 nitrogen and oxygen atoms in total. The van der Waals surface area contributed by atoms with Gasteiger partial charge in [0.15, 0.2) is 9.95 Å². The normalized spacial score (nSPS) is 8.35. The van der Waals surface area contributed by atoms with E-state index >= 15 is 0 Å². The number of rotatable bonds is 2. The van der Waals surface area contributed by atoms with Gasteiger partial charge in [-0.1, -0.05) is 0 Å². The van der Waals surface area contributed by atoms with Gasteiger partial charge in [-0.2, -0.15) is 0 Å². The summed E-state index contributed by atoms with van der Waals surface area (Å²) < 4.78 is 9.89. The van der Waals surface area contributed by atoms with Gasteiger partial charge in [-0.05, 0) is 0 Å². The smallest absolute Gasteiger partial charge is 0.385 e. The minimum Gasteiger partial charge on any atom is -0.867 e. The van der Waals surface area contributed by atoms with Crippen LogP contribution >= 0.6 is 0 Å². The number of nitro groups is 2. The fourth-order valence-electron chi connectivity index (χ4n) is 1.28. The number of hydrogen-bond donors (Lipinski definition) is 0. The Kier molecular flexibility index (Phi) is 9.74. The number of non-ortho nitro benzene ring substituents is 2. The summed E-state index contributed by atoms with van der Waals surface area (Å²) in [5.41, 5.74) is 0.570. The first-order valence-corrected chi connectivity index (χ1v) is 6.36. The molecule has 2 aromatic rings. The van der Waals surface area contributed by atoms with E-state index in [0.29, 0.717) is 11.4 Å². The molecule has 2 aromatic carbocycles. The largest absolute Gasteiger partial charge is 0.867 e. The lowest BCUT2D eigenvalue weighted by molar-refractivity contribution is -0.385. The fraction of sp³-hybridized carbons (Fsp3) is 0. The molecule has 0 heterocycles. The molecule has 0 aliphatic carbocycles. The predicted octanol–water partition coefficient (Wildman–Crippen LogP) is 1.82. The minimum atomic E-state index is -3.17. The van der Waals surface area contributed by atoms with E-state index < -0.39 is 17.2 Å². The maximum atomic E-state index is 10.1. The molecule has 0 N–H and O–H groups in total. The van der Waals surface area contributed by atoms with Crippen molar-refractivity contribution in [2.45, 2.75) is 0 Å². The van der Waals surface area contributed by atoms with Gasteiger partial charge in [0.1, 0.15) is 7.40 Å². The molecule has 0 bridgehead atoms. The van der Waals surface area contributed by atoms with Gasteiger partial charge in [0.05, 0.1) is 9.85 Å². The van der Waals surface area contributed by atoms with Crippen LogP contribution in [0.3, 0.4) is 0 Å². The van der Waals surface area contributed by atoms with Crippen LogP contribution < -0.4 is 10.0 Å². The molecule has 0 aliphatic heterocycles. The van der Waals surface area contributed by atoms with Gasteiger partial charge in [0, 0.05) is 48.5 Å². The maximum Gasteiger partial charge on any atom is 0.385 e. The molecule has 0 amide bonds. The predicted molar refractivity (Wildman–Crippen MR) is 82.5 cm³/mol. The summed E-state index contributed by atoms with van der Waals surface area (Å²) >= 11 is 0. The van der Waals surface area contributed by atoms with E-state index in [1.165, 1.54) is 48.5 Å². The average Bonchev–Trinajstić information content (AvgIpc) is 2.61. The third-order valence-corrected chi connectivity index (χ3v) is 2.35. The van der Waals surface area contributed by atoms with Gasteiger partial charge >= 0.3 is 11.4 Å². The Bertz CT molecular complexity index is 748. The van der Waals surface area contributed by atoms with E-state index in [0.717, 1.165) is 0 Å². The van der Waals surface area contributed by atoms with Gasteiger partial charge in [-0.3, -0.25) is 20.2 Å². The maximum absolute atomic E-state index is 10.1. The van der Waals surface area contributed by atoms with Gasteiger partial charge < -0.3 is 14.4 Å². The molecular formula is C12H8BFN6O6. The monoisotopic (exact) mass is 362 g/mol. The van der Waals surface area contributed by atoms with Crippen LogP contribution in [0.15, 0.2) is 48.5 Å². The summed E-state index contributed by atoms with van der Waals surface area (Å²) in [6.45, 7) is 0. The Morgan fingerprint density at radius 1 is 0.769 bits per heavy atom. The van der Waals surface area contributed by atoms with Gasteiger partial charge in [0.25, 0.3) is 11.4 Å². The lowest BCUT2D eigenvalue weighted by Gasteiger charge is -2.09. The molecule has 0 aromatic heterocycles. The van der Waals surface area contributed by atoms with Gasteiger partial charge in [-0.15, -0.1) is 0 Å². The molecule has 14 heteroatoms. The van der Waals surface area contributed by atoms with Crippen LogP contribution in [0.2, 0.25) is 0 Å². The number of nitrogens with zero attached hydrogens (tertiary/aromatic N) is 6. The number of nitro benzene ring substituents is 2. The summed E-state index contributed by atoms with van der Waals surface area (Å²) in [5.74, 6) is 0. The second kappa shape index (κ2) is 11.5. The zero-order valence-corrected chi connectivity index (χ0v) is 12.7.